The Balaban J connectivity index is 2.30. The Morgan fingerprint density at radius 3 is 3.20 bits per heavy atom. The summed E-state index contributed by atoms with van der Waals surface area (Å²) in [6.45, 7) is 0.340. The van der Waals surface area contributed by atoms with Crippen molar-refractivity contribution in [2.45, 2.75) is 6.54 Å². The maximum atomic E-state index is 11.4. The average molecular weight is 223 g/mol. The van der Waals surface area contributed by atoms with Gasteiger partial charge in [-0.25, -0.2) is 4.68 Å². The van der Waals surface area contributed by atoms with Crippen LogP contribution in [0.3, 0.4) is 0 Å². The first-order valence-corrected chi connectivity index (χ1v) is 5.09. The summed E-state index contributed by atoms with van der Waals surface area (Å²) in [5.41, 5.74) is 0.579. The third-order valence-electron chi connectivity index (χ3n) is 1.87. The zero-order valence-corrected chi connectivity index (χ0v) is 8.86. The van der Waals surface area contributed by atoms with Crippen molar-refractivity contribution in [2.24, 2.45) is 0 Å². The van der Waals surface area contributed by atoms with Crippen LogP contribution >= 0.6 is 11.5 Å². The lowest BCUT2D eigenvalue weighted by Gasteiger charge is -2.01. The molecule has 0 unspecified atom stereocenters. The molecule has 15 heavy (non-hydrogen) atoms. The van der Waals surface area contributed by atoms with Gasteiger partial charge in [0.25, 0.3) is 5.56 Å². The van der Waals surface area contributed by atoms with E-state index in [-0.39, 0.29) is 5.56 Å². The molecule has 7 heteroatoms. The molecule has 0 saturated carbocycles. The highest BCUT2D eigenvalue weighted by Crippen LogP contribution is 2.16. The zero-order chi connectivity index (χ0) is 10.7. The molecule has 0 aromatic carbocycles. The highest BCUT2D eigenvalue weighted by molar-refractivity contribution is 7.10. The monoisotopic (exact) mass is 223 g/mol. The lowest BCUT2D eigenvalue weighted by Crippen LogP contribution is -2.22. The van der Waals surface area contributed by atoms with Crippen molar-refractivity contribution in [3.63, 3.8) is 0 Å². The average Bonchev–Trinajstić information content (AvgIpc) is 2.69. The van der Waals surface area contributed by atoms with E-state index >= 15 is 0 Å². The summed E-state index contributed by atoms with van der Waals surface area (Å²) < 4.78 is 5.15. The molecule has 0 aliphatic rings. The van der Waals surface area contributed by atoms with Crippen molar-refractivity contribution in [3.05, 3.63) is 34.4 Å². The van der Waals surface area contributed by atoms with E-state index in [0.717, 1.165) is 10.7 Å². The van der Waals surface area contributed by atoms with Gasteiger partial charge >= 0.3 is 0 Å². The SMILES string of the molecule is CNc1snnc1Cn1ncccc1=O. The molecular weight excluding hydrogens is 214 g/mol. The van der Waals surface area contributed by atoms with E-state index in [0.29, 0.717) is 6.54 Å². The topological polar surface area (TPSA) is 72.7 Å². The minimum Gasteiger partial charge on any atom is -0.377 e. The van der Waals surface area contributed by atoms with Gasteiger partial charge in [-0.1, -0.05) is 4.49 Å². The fourth-order valence-electron chi connectivity index (χ4n) is 1.15. The van der Waals surface area contributed by atoms with Crippen LogP contribution in [0.2, 0.25) is 0 Å². The normalized spacial score (nSPS) is 10.2. The van der Waals surface area contributed by atoms with Crippen LogP contribution < -0.4 is 10.9 Å². The molecule has 2 rings (SSSR count). The summed E-state index contributed by atoms with van der Waals surface area (Å²) in [6, 6.07) is 3.07. The molecule has 0 spiro atoms. The fourth-order valence-corrected chi connectivity index (χ4v) is 1.67. The molecule has 78 valence electrons. The molecule has 2 aromatic rings. The van der Waals surface area contributed by atoms with Gasteiger partial charge in [-0.05, 0) is 6.07 Å². The molecule has 2 aromatic heterocycles. The smallest absolute Gasteiger partial charge is 0.267 e. The maximum Gasteiger partial charge on any atom is 0.267 e. The van der Waals surface area contributed by atoms with E-state index in [4.69, 9.17) is 0 Å². The van der Waals surface area contributed by atoms with Gasteiger partial charge in [0.2, 0.25) is 0 Å². The number of rotatable bonds is 3. The Hall–Kier alpha value is -1.76. The summed E-state index contributed by atoms with van der Waals surface area (Å²) in [5, 5.41) is 11.7. The van der Waals surface area contributed by atoms with Gasteiger partial charge in [-0.2, -0.15) is 5.10 Å². The van der Waals surface area contributed by atoms with Gasteiger partial charge in [-0.15, -0.1) is 5.10 Å². The zero-order valence-electron chi connectivity index (χ0n) is 8.04. The number of hydrogen-bond donors (Lipinski definition) is 1. The van der Waals surface area contributed by atoms with Gasteiger partial charge in [0.05, 0.1) is 6.54 Å². The molecular formula is C8H9N5OS. The van der Waals surface area contributed by atoms with Crippen LogP contribution in [0.5, 0.6) is 0 Å². The van der Waals surface area contributed by atoms with Crippen LogP contribution in [0.15, 0.2) is 23.1 Å². The van der Waals surface area contributed by atoms with E-state index in [1.54, 1.807) is 19.3 Å². The highest BCUT2D eigenvalue weighted by atomic mass is 32.1. The van der Waals surface area contributed by atoms with Crippen LogP contribution in [-0.2, 0) is 6.54 Å². The number of aromatic nitrogens is 4. The Morgan fingerprint density at radius 2 is 2.47 bits per heavy atom. The van der Waals surface area contributed by atoms with E-state index in [2.05, 4.69) is 20.0 Å². The molecule has 0 amide bonds. The predicted octanol–water partition coefficient (Wildman–Crippen LogP) is 0.185. The molecule has 0 aliphatic carbocycles. The number of nitrogens with zero attached hydrogens (tertiary/aromatic N) is 4. The second kappa shape index (κ2) is 4.18. The minimum atomic E-state index is -0.146. The van der Waals surface area contributed by atoms with Crippen molar-refractivity contribution in [1.82, 2.24) is 19.4 Å². The summed E-state index contributed by atoms with van der Waals surface area (Å²) in [6.07, 6.45) is 1.57. The first-order chi connectivity index (χ1) is 7.31. The van der Waals surface area contributed by atoms with Crippen molar-refractivity contribution in [2.75, 3.05) is 12.4 Å². The first-order valence-electron chi connectivity index (χ1n) is 4.32. The molecule has 1 N–H and O–H groups in total. The van der Waals surface area contributed by atoms with Crippen LogP contribution in [0.1, 0.15) is 5.69 Å². The minimum absolute atomic E-state index is 0.146. The number of hydrogen-bond acceptors (Lipinski definition) is 6. The molecule has 2 heterocycles. The predicted molar refractivity (Wildman–Crippen MR) is 57.1 cm³/mol. The Labute approximate surface area is 89.7 Å². The Kier molecular flexibility index (Phi) is 2.72. The standard InChI is InChI=1S/C8H9N5OS/c1-9-8-6(11-12-15-8)5-13-7(14)3-2-4-10-13/h2-4,9H,5H2,1H3. The van der Waals surface area contributed by atoms with Crippen molar-refractivity contribution in [3.8, 4) is 0 Å². The van der Waals surface area contributed by atoms with E-state index in [1.165, 1.54) is 22.3 Å². The second-order valence-corrected chi connectivity index (χ2v) is 3.57. The second-order valence-electron chi connectivity index (χ2n) is 2.82. The van der Waals surface area contributed by atoms with Crippen molar-refractivity contribution >= 4 is 16.5 Å². The quantitative estimate of drug-likeness (QED) is 0.803. The van der Waals surface area contributed by atoms with Gasteiger partial charge in [0, 0.05) is 30.8 Å². The lowest BCUT2D eigenvalue weighted by atomic mass is 10.4. The molecule has 0 atom stereocenters. The van der Waals surface area contributed by atoms with Gasteiger partial charge in [-0.3, -0.25) is 4.79 Å². The third-order valence-corrected chi connectivity index (χ3v) is 2.65. The lowest BCUT2D eigenvalue weighted by molar-refractivity contribution is 0.627. The van der Waals surface area contributed by atoms with E-state index in [9.17, 15) is 4.79 Å². The summed E-state index contributed by atoms with van der Waals surface area (Å²) in [5.74, 6) is 0. The largest absolute Gasteiger partial charge is 0.377 e. The van der Waals surface area contributed by atoms with Crippen LogP contribution in [-0.4, -0.2) is 26.4 Å². The van der Waals surface area contributed by atoms with E-state index < -0.39 is 0 Å². The first kappa shape index (κ1) is 9.78. The molecule has 6 nitrogen and oxygen atoms in total. The summed E-state index contributed by atoms with van der Waals surface area (Å²) >= 11 is 1.26. The highest BCUT2D eigenvalue weighted by Gasteiger charge is 2.07. The Bertz CT molecular complexity index is 505. The van der Waals surface area contributed by atoms with Crippen LogP contribution in [0.4, 0.5) is 5.00 Å². The summed E-state index contributed by atoms with van der Waals surface area (Å²) in [7, 11) is 1.79. The van der Waals surface area contributed by atoms with Crippen molar-refractivity contribution in [1.29, 1.82) is 0 Å². The van der Waals surface area contributed by atoms with E-state index in [1.807, 2.05) is 0 Å². The van der Waals surface area contributed by atoms with Gasteiger partial charge in [0.1, 0.15) is 10.7 Å². The van der Waals surface area contributed by atoms with Gasteiger partial charge < -0.3 is 5.32 Å². The summed E-state index contributed by atoms with van der Waals surface area (Å²) in [4.78, 5) is 11.4. The van der Waals surface area contributed by atoms with Crippen LogP contribution in [0.25, 0.3) is 0 Å². The molecule has 0 radical (unpaired) electrons. The molecule has 0 saturated heterocycles. The van der Waals surface area contributed by atoms with Crippen LogP contribution in [0, 0.1) is 0 Å². The third kappa shape index (κ3) is 2.01. The Morgan fingerprint density at radius 1 is 1.60 bits per heavy atom. The molecule has 0 bridgehead atoms. The fraction of sp³-hybridized carbons (Fsp3) is 0.250. The van der Waals surface area contributed by atoms with Gasteiger partial charge in [0.15, 0.2) is 0 Å². The number of anilines is 1. The molecule has 0 fully saturated rings. The molecule has 0 aliphatic heterocycles. The maximum absolute atomic E-state index is 11.4. The van der Waals surface area contributed by atoms with Crippen molar-refractivity contribution < 1.29 is 0 Å². The number of nitrogens with one attached hydrogen (secondary N) is 1.